The molecule has 6 nitrogen and oxygen atoms in total. The minimum absolute atomic E-state index is 0.0000983. The SMILES string of the molecule is COCc1ccc(C(=O)Cc2ccc(-c3ccccc3)cc2)cc1NC(=O)CN1CCOCC1. The number of nitrogens with zero attached hydrogens (tertiary/aromatic N) is 1. The van der Waals surface area contributed by atoms with Gasteiger partial charge in [-0.05, 0) is 22.8 Å². The van der Waals surface area contributed by atoms with E-state index < -0.39 is 0 Å². The van der Waals surface area contributed by atoms with Gasteiger partial charge in [0.1, 0.15) is 0 Å². The van der Waals surface area contributed by atoms with Gasteiger partial charge in [0, 0.05) is 43.4 Å². The topological polar surface area (TPSA) is 67.9 Å². The number of ether oxygens (including phenoxy) is 2. The molecule has 4 rings (SSSR count). The standard InChI is InChI=1S/C28H30N2O4/c1-33-20-25-12-11-24(18-26(25)29-28(32)19-30-13-15-34-16-14-30)27(31)17-21-7-9-23(10-8-21)22-5-3-2-4-6-22/h2-12,18H,13-17,19-20H2,1H3,(H,29,32). The van der Waals surface area contributed by atoms with E-state index in [-0.39, 0.29) is 11.7 Å². The van der Waals surface area contributed by atoms with Crippen molar-refractivity contribution in [1.29, 1.82) is 0 Å². The second-order valence-corrected chi connectivity index (χ2v) is 8.40. The van der Waals surface area contributed by atoms with Crippen LogP contribution in [0, 0.1) is 0 Å². The summed E-state index contributed by atoms with van der Waals surface area (Å²) in [6.45, 7) is 3.39. The smallest absolute Gasteiger partial charge is 0.238 e. The Morgan fingerprint density at radius 3 is 2.35 bits per heavy atom. The van der Waals surface area contributed by atoms with E-state index in [1.54, 1.807) is 19.2 Å². The third-order valence-corrected chi connectivity index (χ3v) is 5.90. The third-order valence-electron chi connectivity index (χ3n) is 5.90. The molecular formula is C28H30N2O4. The summed E-state index contributed by atoms with van der Waals surface area (Å²) in [7, 11) is 1.61. The zero-order valence-corrected chi connectivity index (χ0v) is 19.5. The number of hydrogen-bond donors (Lipinski definition) is 1. The number of anilines is 1. The Morgan fingerprint density at radius 1 is 0.941 bits per heavy atom. The molecule has 1 saturated heterocycles. The van der Waals surface area contributed by atoms with Gasteiger partial charge in [0.25, 0.3) is 0 Å². The molecule has 1 aliphatic heterocycles. The molecule has 0 saturated carbocycles. The molecule has 176 valence electrons. The summed E-state index contributed by atoms with van der Waals surface area (Å²) in [5, 5.41) is 2.97. The van der Waals surface area contributed by atoms with Crippen molar-refractivity contribution in [2.75, 3.05) is 45.3 Å². The molecule has 1 N–H and O–H groups in total. The molecule has 1 heterocycles. The number of rotatable bonds is 9. The van der Waals surface area contributed by atoms with Crippen molar-refractivity contribution in [3.63, 3.8) is 0 Å². The lowest BCUT2D eigenvalue weighted by Gasteiger charge is -2.26. The van der Waals surface area contributed by atoms with Gasteiger partial charge >= 0.3 is 0 Å². The van der Waals surface area contributed by atoms with E-state index in [0.29, 0.717) is 44.0 Å². The number of methoxy groups -OCH3 is 1. The Labute approximate surface area is 200 Å². The second-order valence-electron chi connectivity index (χ2n) is 8.40. The van der Waals surface area contributed by atoms with E-state index in [4.69, 9.17) is 9.47 Å². The molecule has 6 heteroatoms. The Bertz CT molecular complexity index is 1110. The molecule has 0 radical (unpaired) electrons. The third kappa shape index (κ3) is 6.38. The van der Waals surface area contributed by atoms with Crippen molar-refractivity contribution in [3.05, 3.63) is 89.5 Å². The van der Waals surface area contributed by atoms with Gasteiger partial charge in [0.15, 0.2) is 5.78 Å². The molecule has 0 aromatic heterocycles. The molecule has 34 heavy (non-hydrogen) atoms. The van der Waals surface area contributed by atoms with Crippen LogP contribution in [-0.2, 0) is 27.3 Å². The molecule has 1 amide bonds. The van der Waals surface area contributed by atoms with Crippen LogP contribution >= 0.6 is 0 Å². The average Bonchev–Trinajstić information content (AvgIpc) is 2.87. The van der Waals surface area contributed by atoms with Gasteiger partial charge in [0.2, 0.25) is 5.91 Å². The first-order chi connectivity index (χ1) is 16.6. The van der Waals surface area contributed by atoms with E-state index in [0.717, 1.165) is 35.3 Å². The molecule has 1 aliphatic rings. The Kier molecular flexibility index (Phi) is 8.20. The van der Waals surface area contributed by atoms with E-state index >= 15 is 0 Å². The van der Waals surface area contributed by atoms with Crippen LogP contribution in [0.3, 0.4) is 0 Å². The zero-order chi connectivity index (χ0) is 23.8. The summed E-state index contributed by atoms with van der Waals surface area (Å²) in [5.41, 5.74) is 5.22. The molecule has 0 aliphatic carbocycles. The molecular weight excluding hydrogens is 428 g/mol. The lowest BCUT2D eigenvalue weighted by atomic mass is 9.98. The van der Waals surface area contributed by atoms with Crippen LogP contribution in [-0.4, -0.2) is 56.5 Å². The highest BCUT2D eigenvalue weighted by atomic mass is 16.5. The molecule has 1 fully saturated rings. The van der Waals surface area contributed by atoms with Crippen molar-refractivity contribution in [3.8, 4) is 11.1 Å². The van der Waals surface area contributed by atoms with E-state index in [2.05, 4.69) is 22.3 Å². The number of morpholine rings is 1. The molecule has 0 atom stereocenters. The highest BCUT2D eigenvalue weighted by Crippen LogP contribution is 2.22. The predicted molar refractivity (Wildman–Crippen MR) is 133 cm³/mol. The molecule has 0 unspecified atom stereocenters. The quantitative estimate of drug-likeness (QED) is 0.487. The van der Waals surface area contributed by atoms with Crippen LogP contribution < -0.4 is 5.32 Å². The highest BCUT2D eigenvalue weighted by Gasteiger charge is 2.17. The van der Waals surface area contributed by atoms with Gasteiger partial charge in [0.05, 0.1) is 26.4 Å². The number of Topliss-reactive ketones (excluding diaryl/α,β-unsaturated/α-hetero) is 1. The number of amides is 1. The maximum Gasteiger partial charge on any atom is 0.238 e. The van der Waals surface area contributed by atoms with Gasteiger partial charge in [-0.15, -0.1) is 0 Å². The monoisotopic (exact) mass is 458 g/mol. The second kappa shape index (κ2) is 11.7. The maximum atomic E-state index is 13.0. The largest absolute Gasteiger partial charge is 0.380 e. The number of nitrogens with one attached hydrogen (secondary N) is 1. The Balaban J connectivity index is 1.44. The number of hydrogen-bond acceptors (Lipinski definition) is 5. The van der Waals surface area contributed by atoms with Crippen LogP contribution in [0.2, 0.25) is 0 Å². The van der Waals surface area contributed by atoms with Gasteiger partial charge < -0.3 is 14.8 Å². The van der Waals surface area contributed by atoms with Crippen molar-refractivity contribution in [1.82, 2.24) is 4.90 Å². The average molecular weight is 459 g/mol. The predicted octanol–water partition coefficient (Wildman–Crippen LogP) is 4.20. The highest BCUT2D eigenvalue weighted by molar-refractivity contribution is 6.00. The van der Waals surface area contributed by atoms with Crippen LogP contribution in [0.5, 0.6) is 0 Å². The number of benzene rings is 3. The van der Waals surface area contributed by atoms with Gasteiger partial charge in [-0.1, -0.05) is 66.7 Å². The summed E-state index contributed by atoms with van der Waals surface area (Å²) in [6.07, 6.45) is 0.292. The molecule has 3 aromatic carbocycles. The minimum atomic E-state index is -0.111. The Hall–Kier alpha value is -3.32. The van der Waals surface area contributed by atoms with Crippen LogP contribution in [0.4, 0.5) is 5.69 Å². The summed E-state index contributed by atoms with van der Waals surface area (Å²) < 4.78 is 10.6. The van der Waals surface area contributed by atoms with Crippen molar-refractivity contribution in [2.24, 2.45) is 0 Å². The first-order valence-electron chi connectivity index (χ1n) is 11.5. The Morgan fingerprint density at radius 2 is 1.65 bits per heavy atom. The fourth-order valence-electron chi connectivity index (χ4n) is 4.03. The zero-order valence-electron chi connectivity index (χ0n) is 19.5. The summed E-state index contributed by atoms with van der Waals surface area (Å²) in [5.74, 6) is -0.111. The van der Waals surface area contributed by atoms with E-state index in [9.17, 15) is 9.59 Å². The van der Waals surface area contributed by atoms with Crippen LogP contribution in [0.25, 0.3) is 11.1 Å². The van der Waals surface area contributed by atoms with Gasteiger partial charge in [-0.3, -0.25) is 14.5 Å². The normalized spacial score (nSPS) is 14.0. The van der Waals surface area contributed by atoms with Crippen molar-refractivity contribution < 1.29 is 19.1 Å². The molecule has 0 bridgehead atoms. The van der Waals surface area contributed by atoms with Crippen molar-refractivity contribution >= 4 is 17.4 Å². The summed E-state index contributed by atoms with van der Waals surface area (Å²) in [6, 6.07) is 23.6. The maximum absolute atomic E-state index is 13.0. The number of carbonyl (C=O) groups excluding carboxylic acids is 2. The number of ketones is 1. The van der Waals surface area contributed by atoms with Gasteiger partial charge in [-0.2, -0.15) is 0 Å². The fraction of sp³-hybridized carbons (Fsp3) is 0.286. The van der Waals surface area contributed by atoms with Crippen LogP contribution in [0.1, 0.15) is 21.5 Å². The summed E-state index contributed by atoms with van der Waals surface area (Å²) >= 11 is 0. The lowest BCUT2D eigenvalue weighted by Crippen LogP contribution is -2.41. The number of carbonyl (C=O) groups is 2. The van der Waals surface area contributed by atoms with Crippen LogP contribution in [0.15, 0.2) is 72.8 Å². The minimum Gasteiger partial charge on any atom is -0.380 e. The van der Waals surface area contributed by atoms with Gasteiger partial charge in [-0.25, -0.2) is 0 Å². The van der Waals surface area contributed by atoms with E-state index in [1.165, 1.54) is 0 Å². The van der Waals surface area contributed by atoms with Crippen molar-refractivity contribution in [2.45, 2.75) is 13.0 Å². The first kappa shape index (κ1) is 23.8. The summed E-state index contributed by atoms with van der Waals surface area (Å²) in [4.78, 5) is 27.7. The van der Waals surface area contributed by atoms with E-state index in [1.807, 2.05) is 48.5 Å². The fourth-order valence-corrected chi connectivity index (χ4v) is 4.03. The first-order valence-corrected chi connectivity index (χ1v) is 11.5. The molecule has 0 spiro atoms. The molecule has 3 aromatic rings. The lowest BCUT2D eigenvalue weighted by molar-refractivity contribution is -0.118.